The van der Waals surface area contributed by atoms with Crippen LogP contribution in [0.3, 0.4) is 0 Å². The normalized spacial score (nSPS) is 18.5. The van der Waals surface area contributed by atoms with Crippen molar-refractivity contribution < 1.29 is 24.1 Å². The number of amides is 1. The Hall–Kier alpha value is -3.34. The molecular formula is C30H43N5O5. The maximum absolute atomic E-state index is 11.8. The molecule has 1 amide bonds. The molecule has 10 heteroatoms. The first kappa shape index (κ1) is 29.6. The molecule has 1 fully saturated rings. The molecule has 40 heavy (non-hydrogen) atoms. The number of carbonyl (C=O) groups excluding carboxylic acids is 1. The maximum Gasteiger partial charge on any atom is 0.234 e. The van der Waals surface area contributed by atoms with Crippen molar-refractivity contribution in [2.75, 3.05) is 31.7 Å². The number of benzene rings is 2. The van der Waals surface area contributed by atoms with E-state index in [1.165, 1.54) is 0 Å². The Bertz CT molecular complexity index is 1250. The number of hydrogen-bond acceptors (Lipinski definition) is 8. The first-order valence-electron chi connectivity index (χ1n) is 14.3. The molecule has 218 valence electrons. The molecular weight excluding hydrogens is 510 g/mol. The van der Waals surface area contributed by atoms with E-state index in [-0.39, 0.29) is 36.8 Å². The number of aliphatic hydroxyl groups is 1. The predicted molar refractivity (Wildman–Crippen MR) is 155 cm³/mol. The van der Waals surface area contributed by atoms with Crippen LogP contribution in [0.5, 0.6) is 11.5 Å². The Kier molecular flexibility index (Phi) is 10.6. The van der Waals surface area contributed by atoms with Gasteiger partial charge in [-0.15, -0.1) is 0 Å². The zero-order valence-electron chi connectivity index (χ0n) is 23.8. The lowest BCUT2D eigenvalue weighted by Crippen LogP contribution is -2.46. The fourth-order valence-electron chi connectivity index (χ4n) is 5.03. The Labute approximate surface area is 236 Å². The van der Waals surface area contributed by atoms with Crippen molar-refractivity contribution in [3.63, 3.8) is 0 Å². The summed E-state index contributed by atoms with van der Waals surface area (Å²) in [5, 5.41) is 16.3. The molecule has 1 aliphatic heterocycles. The molecule has 0 bridgehead atoms. The molecule has 5 N–H and O–H groups in total. The summed E-state index contributed by atoms with van der Waals surface area (Å²) in [7, 11) is 0. The van der Waals surface area contributed by atoms with Crippen molar-refractivity contribution in [3.8, 4) is 11.5 Å². The Morgan fingerprint density at radius 3 is 2.75 bits per heavy atom. The molecule has 0 spiro atoms. The van der Waals surface area contributed by atoms with Crippen molar-refractivity contribution in [1.82, 2.24) is 14.9 Å². The van der Waals surface area contributed by atoms with Crippen molar-refractivity contribution in [3.05, 3.63) is 48.0 Å². The van der Waals surface area contributed by atoms with Gasteiger partial charge in [-0.2, -0.15) is 0 Å². The van der Waals surface area contributed by atoms with Gasteiger partial charge in [0.1, 0.15) is 6.23 Å². The third-order valence-corrected chi connectivity index (χ3v) is 7.39. The molecule has 1 aliphatic rings. The highest BCUT2D eigenvalue weighted by molar-refractivity contribution is 5.80. The summed E-state index contributed by atoms with van der Waals surface area (Å²) >= 11 is 0. The number of hydrogen-bond donors (Lipinski definition) is 4. The minimum atomic E-state index is -0.341. The number of primary amides is 1. The summed E-state index contributed by atoms with van der Waals surface area (Å²) in [5.74, 6) is 1.94. The van der Waals surface area contributed by atoms with E-state index in [0.717, 1.165) is 41.8 Å². The van der Waals surface area contributed by atoms with Crippen LogP contribution in [0.25, 0.3) is 11.0 Å². The second-order valence-corrected chi connectivity index (χ2v) is 10.3. The average molecular weight is 554 g/mol. The largest absolute Gasteiger partial charge is 0.490 e. The number of para-hydroxylation sites is 2. The van der Waals surface area contributed by atoms with Crippen LogP contribution in [0.1, 0.15) is 58.2 Å². The number of carbonyl (C=O) groups is 1. The number of nitrogens with one attached hydrogen (secondary N) is 2. The van der Waals surface area contributed by atoms with Gasteiger partial charge >= 0.3 is 0 Å². The third-order valence-electron chi connectivity index (χ3n) is 7.39. The molecule has 4 rings (SSSR count). The number of rotatable bonds is 16. The van der Waals surface area contributed by atoms with Crippen LogP contribution < -0.4 is 25.8 Å². The molecule has 4 atom stereocenters. The number of aliphatic hydroxyl groups excluding tert-OH is 1. The van der Waals surface area contributed by atoms with E-state index in [0.29, 0.717) is 44.2 Å². The van der Waals surface area contributed by atoms with Gasteiger partial charge in [-0.3, -0.25) is 9.36 Å². The second-order valence-electron chi connectivity index (χ2n) is 10.3. The number of ether oxygens (including phenoxy) is 3. The first-order chi connectivity index (χ1) is 19.4. The molecule has 2 aromatic carbocycles. The van der Waals surface area contributed by atoms with Gasteiger partial charge in [0.05, 0.1) is 43.0 Å². The summed E-state index contributed by atoms with van der Waals surface area (Å²) in [6, 6.07) is 13.6. The van der Waals surface area contributed by atoms with Crippen LogP contribution in [-0.4, -0.2) is 59.1 Å². The number of anilines is 1. The molecule has 0 radical (unpaired) electrons. The van der Waals surface area contributed by atoms with E-state index in [4.69, 9.17) is 24.9 Å². The summed E-state index contributed by atoms with van der Waals surface area (Å²) in [4.78, 5) is 16.6. The fourth-order valence-corrected chi connectivity index (χ4v) is 5.03. The summed E-state index contributed by atoms with van der Waals surface area (Å²) in [6.45, 7) is 8.18. The van der Waals surface area contributed by atoms with E-state index in [2.05, 4.69) is 15.2 Å². The lowest BCUT2D eigenvalue weighted by Gasteiger charge is -2.21. The van der Waals surface area contributed by atoms with Crippen LogP contribution in [0, 0.1) is 5.92 Å². The zero-order valence-corrected chi connectivity index (χ0v) is 23.8. The van der Waals surface area contributed by atoms with Crippen molar-refractivity contribution in [1.29, 1.82) is 0 Å². The molecule has 0 aliphatic carbocycles. The lowest BCUT2D eigenvalue weighted by molar-refractivity contribution is -0.121. The summed E-state index contributed by atoms with van der Waals surface area (Å²) < 4.78 is 20.1. The van der Waals surface area contributed by atoms with Gasteiger partial charge in [0.15, 0.2) is 11.5 Å². The smallest absolute Gasteiger partial charge is 0.234 e. The standard InChI is InChI=1S/C30H43N5O5/c1-4-20(3)28(29(31)37)32-15-8-16-39-26-17-21(11-13-25(26)38-5-2)18-33-30-34-23-9-6-7-10-24(23)35(30)27-14-12-22(19-36)40-27/h6-7,9-11,13,17,20,22,27-28,32,36H,4-5,8,12,14-16,18-19H2,1-3H3,(H2,31,37)(H,33,34)/t20-,22+,27-,28-/m1/s1. The minimum absolute atomic E-state index is 0.0144. The van der Waals surface area contributed by atoms with Gasteiger partial charge in [-0.05, 0) is 68.5 Å². The van der Waals surface area contributed by atoms with Gasteiger partial charge in [0, 0.05) is 6.54 Å². The zero-order chi connectivity index (χ0) is 28.5. The van der Waals surface area contributed by atoms with E-state index in [1.54, 1.807) is 0 Å². The Morgan fingerprint density at radius 2 is 2.02 bits per heavy atom. The molecule has 0 unspecified atom stereocenters. The Morgan fingerprint density at radius 1 is 1.20 bits per heavy atom. The van der Waals surface area contributed by atoms with Crippen LogP contribution >= 0.6 is 0 Å². The quantitative estimate of drug-likeness (QED) is 0.196. The lowest BCUT2D eigenvalue weighted by atomic mass is 9.98. The first-order valence-corrected chi connectivity index (χ1v) is 14.3. The number of aromatic nitrogens is 2. The van der Waals surface area contributed by atoms with Crippen molar-refractivity contribution in [2.45, 2.75) is 71.4 Å². The highest BCUT2D eigenvalue weighted by Crippen LogP contribution is 2.35. The second kappa shape index (κ2) is 14.3. The summed E-state index contributed by atoms with van der Waals surface area (Å²) in [6.07, 6.45) is 2.87. The van der Waals surface area contributed by atoms with Crippen LogP contribution in [0.15, 0.2) is 42.5 Å². The minimum Gasteiger partial charge on any atom is -0.490 e. The number of imidazole rings is 1. The van der Waals surface area contributed by atoms with Crippen LogP contribution in [0.4, 0.5) is 5.95 Å². The van der Waals surface area contributed by atoms with Crippen LogP contribution in [0.2, 0.25) is 0 Å². The van der Waals surface area contributed by atoms with Gasteiger partial charge in [0.2, 0.25) is 11.9 Å². The van der Waals surface area contributed by atoms with Gasteiger partial charge in [-0.1, -0.05) is 38.5 Å². The van der Waals surface area contributed by atoms with Gasteiger partial charge in [0.25, 0.3) is 0 Å². The SMILES string of the molecule is CCOc1ccc(CNc2nc3ccccc3n2[C@H]2CC[C@@H](CO)O2)cc1OCCCN[C@@H](C(N)=O)[C@H](C)CC. The van der Waals surface area contributed by atoms with E-state index in [1.807, 2.05) is 63.2 Å². The number of fused-ring (bicyclic) bond motifs is 1. The fraction of sp³-hybridized carbons (Fsp3) is 0.533. The Balaban J connectivity index is 1.41. The van der Waals surface area contributed by atoms with E-state index in [9.17, 15) is 9.90 Å². The van der Waals surface area contributed by atoms with Crippen molar-refractivity contribution >= 4 is 22.9 Å². The molecule has 10 nitrogen and oxygen atoms in total. The van der Waals surface area contributed by atoms with Gasteiger partial charge in [-0.25, -0.2) is 4.98 Å². The molecule has 3 aromatic rings. The topological polar surface area (TPSA) is 133 Å². The predicted octanol–water partition coefficient (Wildman–Crippen LogP) is 3.98. The highest BCUT2D eigenvalue weighted by atomic mass is 16.5. The van der Waals surface area contributed by atoms with Gasteiger partial charge < -0.3 is 35.7 Å². The maximum atomic E-state index is 11.8. The number of nitrogens with zero attached hydrogens (tertiary/aromatic N) is 2. The monoisotopic (exact) mass is 553 g/mol. The highest BCUT2D eigenvalue weighted by Gasteiger charge is 2.29. The van der Waals surface area contributed by atoms with Crippen LogP contribution in [-0.2, 0) is 16.1 Å². The van der Waals surface area contributed by atoms with E-state index < -0.39 is 0 Å². The summed E-state index contributed by atoms with van der Waals surface area (Å²) in [5.41, 5.74) is 8.45. The molecule has 0 saturated carbocycles. The van der Waals surface area contributed by atoms with E-state index >= 15 is 0 Å². The molecule has 1 saturated heterocycles. The number of nitrogens with two attached hydrogens (primary N) is 1. The van der Waals surface area contributed by atoms with Crippen molar-refractivity contribution in [2.24, 2.45) is 11.7 Å². The molecule has 1 aromatic heterocycles. The third kappa shape index (κ3) is 7.24. The molecule has 2 heterocycles. The average Bonchev–Trinajstić information content (AvgIpc) is 3.58.